The second kappa shape index (κ2) is 9.25. The molecule has 0 amide bonds. The third-order valence-electron chi connectivity index (χ3n) is 4.00. The summed E-state index contributed by atoms with van der Waals surface area (Å²) in [6, 6.07) is 7.12. The minimum absolute atomic E-state index is 0.219. The summed E-state index contributed by atoms with van der Waals surface area (Å²) in [4.78, 5) is 11.1. The van der Waals surface area contributed by atoms with Crippen molar-refractivity contribution in [2.45, 2.75) is 51.0 Å². The number of hydrazone groups is 1. The molecule has 0 heterocycles. The first kappa shape index (κ1) is 17.4. The monoisotopic (exact) mass is 333 g/mol. The van der Waals surface area contributed by atoms with Crippen LogP contribution in [0, 0.1) is 0 Å². The van der Waals surface area contributed by atoms with Gasteiger partial charge in [0, 0.05) is 11.6 Å². The van der Waals surface area contributed by atoms with Crippen molar-refractivity contribution in [1.29, 1.82) is 0 Å². The molecule has 3 N–H and O–H groups in total. The zero-order valence-corrected chi connectivity index (χ0v) is 13.9. The van der Waals surface area contributed by atoms with Crippen LogP contribution >= 0.6 is 12.2 Å². The molecule has 0 radical (unpaired) electrons. The number of benzene rings is 1. The molecule has 0 bridgehead atoms. The number of hydrogen-bond acceptors (Lipinski definition) is 3. The molecule has 0 aromatic heterocycles. The fourth-order valence-electron chi connectivity index (χ4n) is 2.78. The summed E-state index contributed by atoms with van der Waals surface area (Å²) in [5.41, 5.74) is 3.54. The molecule has 1 saturated carbocycles. The Hall–Kier alpha value is -1.95. The second-order valence-corrected chi connectivity index (χ2v) is 6.19. The summed E-state index contributed by atoms with van der Waals surface area (Å²) in [7, 11) is 0. The molecule has 1 fully saturated rings. The molecule has 6 heteroatoms. The van der Waals surface area contributed by atoms with Crippen LogP contribution < -0.4 is 10.7 Å². The number of carboxylic acid groups (broad SMARTS) is 1. The molecule has 1 aliphatic rings. The molecule has 23 heavy (non-hydrogen) atoms. The number of nitrogens with one attached hydrogen (secondary N) is 2. The van der Waals surface area contributed by atoms with Gasteiger partial charge in [0.25, 0.3) is 0 Å². The van der Waals surface area contributed by atoms with Crippen molar-refractivity contribution in [3.63, 3.8) is 0 Å². The van der Waals surface area contributed by atoms with E-state index in [9.17, 15) is 4.79 Å². The molecule has 1 aromatic rings. The molecular formula is C17H23N3O2S. The third kappa shape index (κ3) is 5.98. The van der Waals surface area contributed by atoms with Gasteiger partial charge in [0.05, 0.1) is 11.8 Å². The molecule has 124 valence electrons. The van der Waals surface area contributed by atoms with Gasteiger partial charge < -0.3 is 10.4 Å². The van der Waals surface area contributed by atoms with Gasteiger partial charge in [0.2, 0.25) is 0 Å². The lowest BCUT2D eigenvalue weighted by Gasteiger charge is -2.21. The standard InChI is InChI=1S/C17H23N3O2S/c21-16(22)15-11-7-6-8-13(15)12-18-20-17(23)19-14-9-4-2-1-3-5-10-14/h6-8,11-12,14H,1-5,9-10H2,(H,21,22)(H2,19,20,23)/b18-12+. The zero-order chi connectivity index (χ0) is 16.5. The number of aromatic carboxylic acids is 1. The van der Waals surface area contributed by atoms with E-state index >= 15 is 0 Å². The Bertz CT molecular complexity index is 567. The van der Waals surface area contributed by atoms with Crippen molar-refractivity contribution in [1.82, 2.24) is 10.7 Å². The first-order chi connectivity index (χ1) is 11.2. The lowest BCUT2D eigenvalue weighted by atomic mass is 9.97. The predicted octanol–water partition coefficient (Wildman–Crippen LogP) is 3.30. The molecule has 0 unspecified atom stereocenters. The molecule has 5 nitrogen and oxygen atoms in total. The van der Waals surface area contributed by atoms with Crippen LogP contribution in [-0.2, 0) is 0 Å². The second-order valence-electron chi connectivity index (χ2n) is 5.78. The van der Waals surface area contributed by atoms with E-state index < -0.39 is 5.97 Å². The number of nitrogens with zero attached hydrogens (tertiary/aromatic N) is 1. The van der Waals surface area contributed by atoms with Crippen LogP contribution in [0.25, 0.3) is 0 Å². The van der Waals surface area contributed by atoms with Gasteiger partial charge in [0.1, 0.15) is 0 Å². The van der Waals surface area contributed by atoms with E-state index in [0.717, 1.165) is 12.8 Å². The maximum atomic E-state index is 11.1. The van der Waals surface area contributed by atoms with Gasteiger partial charge in [0.15, 0.2) is 5.11 Å². The first-order valence-electron chi connectivity index (χ1n) is 8.08. The van der Waals surface area contributed by atoms with Gasteiger partial charge in [-0.1, -0.05) is 50.3 Å². The maximum Gasteiger partial charge on any atom is 0.336 e. The number of carbonyl (C=O) groups is 1. The summed E-state index contributed by atoms with van der Waals surface area (Å²) < 4.78 is 0. The summed E-state index contributed by atoms with van der Waals surface area (Å²) in [6.45, 7) is 0. The maximum absolute atomic E-state index is 11.1. The Balaban J connectivity index is 1.85. The van der Waals surface area contributed by atoms with Crippen LogP contribution in [0.4, 0.5) is 0 Å². The number of hydrogen-bond donors (Lipinski definition) is 3. The average molecular weight is 333 g/mol. The Kier molecular flexibility index (Phi) is 7.00. The van der Waals surface area contributed by atoms with E-state index in [4.69, 9.17) is 17.3 Å². The number of thiocarbonyl (C=S) groups is 1. The van der Waals surface area contributed by atoms with Crippen LogP contribution in [0.5, 0.6) is 0 Å². The van der Waals surface area contributed by atoms with Crippen molar-refractivity contribution >= 4 is 29.5 Å². The van der Waals surface area contributed by atoms with Crippen LogP contribution in [0.2, 0.25) is 0 Å². The SMILES string of the molecule is O=C(O)c1ccccc1/C=N/NC(=S)NC1CCCCCCC1. The Morgan fingerprint density at radius 3 is 2.52 bits per heavy atom. The van der Waals surface area contributed by atoms with Crippen LogP contribution in [0.1, 0.15) is 60.9 Å². The van der Waals surface area contributed by atoms with Crippen LogP contribution in [-0.4, -0.2) is 28.4 Å². The Morgan fingerprint density at radius 1 is 1.17 bits per heavy atom. The van der Waals surface area contributed by atoms with E-state index in [1.54, 1.807) is 24.3 Å². The average Bonchev–Trinajstić information content (AvgIpc) is 2.50. The molecule has 0 saturated heterocycles. The van der Waals surface area contributed by atoms with Crippen molar-refractivity contribution in [2.75, 3.05) is 0 Å². The summed E-state index contributed by atoms with van der Waals surface area (Å²) in [6.07, 6.45) is 10.1. The lowest BCUT2D eigenvalue weighted by Crippen LogP contribution is -2.40. The minimum atomic E-state index is -0.970. The van der Waals surface area contributed by atoms with E-state index in [1.807, 2.05) is 0 Å². The highest BCUT2D eigenvalue weighted by Crippen LogP contribution is 2.16. The van der Waals surface area contributed by atoms with E-state index in [2.05, 4.69) is 15.8 Å². The van der Waals surface area contributed by atoms with Crippen LogP contribution in [0.15, 0.2) is 29.4 Å². The van der Waals surface area contributed by atoms with Crippen LogP contribution in [0.3, 0.4) is 0 Å². The highest BCUT2D eigenvalue weighted by atomic mass is 32.1. The van der Waals surface area contributed by atoms with Gasteiger partial charge in [-0.2, -0.15) is 5.10 Å². The van der Waals surface area contributed by atoms with Gasteiger partial charge in [-0.3, -0.25) is 5.43 Å². The topological polar surface area (TPSA) is 73.7 Å². The largest absolute Gasteiger partial charge is 0.478 e. The summed E-state index contributed by atoms with van der Waals surface area (Å²) >= 11 is 5.26. The molecule has 2 rings (SSSR count). The number of rotatable bonds is 4. The molecular weight excluding hydrogens is 310 g/mol. The van der Waals surface area contributed by atoms with Crippen molar-refractivity contribution in [2.24, 2.45) is 5.10 Å². The van der Waals surface area contributed by atoms with Crippen molar-refractivity contribution in [3.05, 3.63) is 35.4 Å². The predicted molar refractivity (Wildman–Crippen MR) is 96.0 cm³/mol. The van der Waals surface area contributed by atoms with Gasteiger partial charge in [-0.15, -0.1) is 0 Å². The highest BCUT2D eigenvalue weighted by molar-refractivity contribution is 7.80. The summed E-state index contributed by atoms with van der Waals surface area (Å²) in [5.74, 6) is -0.970. The van der Waals surface area contributed by atoms with Gasteiger partial charge >= 0.3 is 5.97 Å². The van der Waals surface area contributed by atoms with E-state index in [-0.39, 0.29) is 5.56 Å². The molecule has 1 aromatic carbocycles. The number of carboxylic acids is 1. The minimum Gasteiger partial charge on any atom is -0.478 e. The van der Waals surface area contributed by atoms with E-state index in [1.165, 1.54) is 38.3 Å². The lowest BCUT2D eigenvalue weighted by molar-refractivity contribution is 0.0697. The van der Waals surface area contributed by atoms with Crippen molar-refractivity contribution in [3.8, 4) is 0 Å². The quantitative estimate of drug-likeness (QED) is 0.448. The fraction of sp³-hybridized carbons (Fsp3) is 0.471. The normalized spacial score (nSPS) is 16.5. The highest BCUT2D eigenvalue weighted by Gasteiger charge is 2.12. The Labute approximate surface area is 142 Å². The third-order valence-corrected chi connectivity index (χ3v) is 4.21. The Morgan fingerprint density at radius 2 is 1.83 bits per heavy atom. The van der Waals surface area contributed by atoms with Gasteiger partial charge in [-0.25, -0.2) is 4.79 Å². The molecule has 0 aliphatic heterocycles. The van der Waals surface area contributed by atoms with E-state index in [0.29, 0.717) is 16.7 Å². The summed E-state index contributed by atoms with van der Waals surface area (Å²) in [5, 5.41) is 17.0. The van der Waals surface area contributed by atoms with Crippen molar-refractivity contribution < 1.29 is 9.90 Å². The fourth-order valence-corrected chi connectivity index (χ4v) is 3.00. The molecule has 1 aliphatic carbocycles. The zero-order valence-electron chi connectivity index (χ0n) is 13.1. The first-order valence-corrected chi connectivity index (χ1v) is 8.49. The molecule has 0 atom stereocenters. The smallest absolute Gasteiger partial charge is 0.336 e. The van der Waals surface area contributed by atoms with Gasteiger partial charge in [-0.05, 0) is 31.1 Å². The molecule has 0 spiro atoms.